The van der Waals surface area contributed by atoms with Crippen molar-refractivity contribution in [2.75, 3.05) is 86.0 Å². The summed E-state index contributed by atoms with van der Waals surface area (Å²) < 4.78 is 111. The molecule has 538 valence electrons. The highest BCUT2D eigenvalue weighted by atomic mass is 31.2. The number of nitrogens with one attached hydrogen (secondary N) is 1. The summed E-state index contributed by atoms with van der Waals surface area (Å²) in [6.07, 6.45) is -7.34. The molecule has 2 aromatic heterocycles. The third-order valence-electron chi connectivity index (χ3n) is 16.2. The van der Waals surface area contributed by atoms with Crippen molar-refractivity contribution >= 4 is 54.3 Å². The molecule has 3 N–H and O–H groups in total. The number of nitrogens with zero attached hydrogens (tertiary/aromatic N) is 5. The Morgan fingerprint density at radius 1 is 0.677 bits per heavy atom. The van der Waals surface area contributed by atoms with E-state index in [1.54, 1.807) is 23.5 Å². The molecule has 2 aliphatic heterocycles. The van der Waals surface area contributed by atoms with Crippen LogP contribution in [-0.4, -0.2) is 195 Å². The molecular weight excluding hydrogens is 1310 g/mol. The zero-order valence-corrected chi connectivity index (χ0v) is 58.9. The molecule has 4 aromatic carbocycles. The topological polar surface area (TPSA) is 326 Å². The molecule has 0 radical (unpaired) electrons. The van der Waals surface area contributed by atoms with Gasteiger partial charge in [0.15, 0.2) is 36.1 Å². The first-order valence-electron chi connectivity index (χ1n) is 32.8. The van der Waals surface area contributed by atoms with E-state index >= 15 is 9.36 Å². The molecule has 1 amide bonds. The van der Waals surface area contributed by atoms with Crippen LogP contribution >= 0.6 is 7.75 Å². The summed E-state index contributed by atoms with van der Waals surface area (Å²) in [5.41, 5.74) is 8.32. The maximum absolute atomic E-state index is 16.2. The van der Waals surface area contributed by atoms with E-state index in [2.05, 4.69) is 34.1 Å². The highest BCUT2D eigenvalue weighted by Gasteiger charge is 2.55. The van der Waals surface area contributed by atoms with Gasteiger partial charge in [0.2, 0.25) is 11.7 Å². The van der Waals surface area contributed by atoms with Crippen LogP contribution < -0.4 is 25.3 Å². The van der Waals surface area contributed by atoms with Crippen molar-refractivity contribution in [1.29, 1.82) is 0 Å². The van der Waals surface area contributed by atoms with Crippen LogP contribution in [0.5, 0.6) is 17.2 Å². The van der Waals surface area contributed by atoms with Crippen molar-refractivity contribution in [1.82, 2.24) is 29.5 Å². The standard InChI is InChI=1S/C70H92N7O21P/c1-43(2)50-18-24-56(25-19-50)91-39-57(82)63(97-70(51-16-14-13-15-17-51,52-20-26-54(84-11)27-21-52)53-22-28-55(85-12)29-23-53)64-58(38-60(96-64)76-42-74-62-67(71)72-41-73-68(62)76)98-99(83,77(44(3)4)45(5)6)92-37-35-88-33-31-86-30-32-87-34-36-89-69-61(75-46(7)78)66(94-49(10)81)65(93-48(9)80)59(95-69)40-90-47(8)79/h13-29,41-45,58-61,63-66,69H,30-40H2,1-12H3,(H,75,78)(H2,71,72,73)/t58-,59+,60+,61+,63?,64-,65-,66+,69+,99?/m0/s1. The molecule has 0 bridgehead atoms. The summed E-state index contributed by atoms with van der Waals surface area (Å²) in [5, 5.41) is 2.65. The molecule has 2 aliphatic rings. The number of ether oxygens (including phenoxy) is 13. The van der Waals surface area contributed by atoms with Gasteiger partial charge in [-0.25, -0.2) is 24.2 Å². The predicted molar refractivity (Wildman–Crippen MR) is 359 cm³/mol. The molecule has 2 fully saturated rings. The molecule has 2 unspecified atom stereocenters. The SMILES string of the molecule is COc1ccc(C(OC(C(=O)COc2ccc(C(C)C)cc2)[C@H]2O[C@@H](n3cnc4c(N)ncnc43)C[C@@H]2OP(=O)(OCCOCCOCCOCCO[C@@H]2O[C@H](COC(C)=O)[C@H](OC(C)=O)[C@H](OC(C)=O)[C@H]2NC(C)=O)N(C(C)C)C(C)C)(c2ccccc2)c2ccc(OC)cc2)cc1. The van der Waals surface area contributed by atoms with Crippen molar-refractivity contribution < 1.29 is 99.2 Å². The van der Waals surface area contributed by atoms with E-state index in [4.69, 9.17) is 76.4 Å². The summed E-state index contributed by atoms with van der Waals surface area (Å²) in [5.74, 6) is -1.21. The number of ketones is 1. The Hall–Kier alpha value is -7.99. The van der Waals surface area contributed by atoms with E-state index in [-0.39, 0.29) is 77.6 Å². The third kappa shape index (κ3) is 20.2. The fraction of sp³-hybridized carbons (Fsp3) is 0.514. The van der Waals surface area contributed by atoms with E-state index in [0.717, 1.165) is 19.4 Å². The maximum Gasteiger partial charge on any atom is 0.409 e. The first-order chi connectivity index (χ1) is 47.5. The summed E-state index contributed by atoms with van der Waals surface area (Å²) in [7, 11) is -1.32. The minimum Gasteiger partial charge on any atom is -0.497 e. The van der Waals surface area contributed by atoms with Crippen LogP contribution in [0.2, 0.25) is 0 Å². The Labute approximate surface area is 576 Å². The molecule has 10 atom stereocenters. The van der Waals surface area contributed by atoms with Gasteiger partial charge in [0.25, 0.3) is 0 Å². The van der Waals surface area contributed by atoms with Crippen molar-refractivity contribution in [3.8, 4) is 17.2 Å². The van der Waals surface area contributed by atoms with E-state index < -0.39 is 117 Å². The van der Waals surface area contributed by atoms with Gasteiger partial charge in [-0.05, 0) is 92.3 Å². The number of nitrogen functional groups attached to an aromatic ring is 1. The fourth-order valence-electron chi connectivity index (χ4n) is 11.9. The first-order valence-corrected chi connectivity index (χ1v) is 34.3. The van der Waals surface area contributed by atoms with Gasteiger partial charge < -0.3 is 72.6 Å². The van der Waals surface area contributed by atoms with Gasteiger partial charge in [0.05, 0.1) is 73.4 Å². The van der Waals surface area contributed by atoms with Crippen LogP contribution in [0.25, 0.3) is 11.2 Å². The van der Waals surface area contributed by atoms with E-state index in [1.807, 2.05) is 131 Å². The predicted octanol–water partition coefficient (Wildman–Crippen LogP) is 8.21. The summed E-state index contributed by atoms with van der Waals surface area (Å²) in [6.45, 7) is 15.8. The second-order valence-corrected chi connectivity index (χ2v) is 26.2. The molecule has 29 heteroatoms. The highest BCUT2D eigenvalue weighted by molar-refractivity contribution is 7.51. The number of methoxy groups -OCH3 is 2. The van der Waals surface area contributed by atoms with Gasteiger partial charge in [-0.3, -0.25) is 37.6 Å². The number of esters is 3. The van der Waals surface area contributed by atoms with Crippen molar-refractivity contribution in [3.05, 3.63) is 138 Å². The Balaban J connectivity index is 1.01. The Kier molecular flexibility index (Phi) is 28.2. The number of carbonyl (C=O) groups is 5. The van der Waals surface area contributed by atoms with E-state index in [0.29, 0.717) is 45.1 Å². The molecule has 4 heterocycles. The van der Waals surface area contributed by atoms with Gasteiger partial charge in [-0.15, -0.1) is 0 Å². The second kappa shape index (κ2) is 36.4. The Bertz CT molecular complexity index is 3570. The minimum absolute atomic E-state index is 0.0305. The van der Waals surface area contributed by atoms with Gasteiger partial charge in [-0.2, -0.15) is 0 Å². The van der Waals surface area contributed by atoms with E-state index in [9.17, 15) is 19.2 Å². The van der Waals surface area contributed by atoms with Crippen molar-refractivity contribution in [2.45, 2.75) is 154 Å². The normalized spacial score (nSPS) is 20.4. The zero-order chi connectivity index (χ0) is 71.4. The van der Waals surface area contributed by atoms with Crippen LogP contribution in [0, 0.1) is 0 Å². The van der Waals surface area contributed by atoms with Gasteiger partial charge in [-0.1, -0.05) is 80.6 Å². The molecule has 0 aliphatic carbocycles. The number of amides is 1. The van der Waals surface area contributed by atoms with Crippen LogP contribution in [-0.2, 0) is 90.6 Å². The quantitative estimate of drug-likeness (QED) is 0.0121. The maximum atomic E-state index is 16.2. The molecular formula is C70H92N7O21P. The Morgan fingerprint density at radius 2 is 1.23 bits per heavy atom. The number of Topliss-reactive ketones (excluding diaryl/α,β-unsaturated/α-hetero) is 1. The number of rotatable bonds is 38. The van der Waals surface area contributed by atoms with Crippen molar-refractivity contribution in [3.63, 3.8) is 0 Å². The molecule has 0 spiro atoms. The van der Waals surface area contributed by atoms with Crippen LogP contribution in [0.1, 0.15) is 110 Å². The lowest BCUT2D eigenvalue weighted by Crippen LogP contribution is -2.66. The number of hydrogen-bond acceptors (Lipinski definition) is 25. The number of benzene rings is 4. The monoisotopic (exact) mass is 1400 g/mol. The summed E-state index contributed by atoms with van der Waals surface area (Å²) in [6, 6.07) is 29.8. The highest BCUT2D eigenvalue weighted by Crippen LogP contribution is 2.58. The fourth-order valence-corrected chi connectivity index (χ4v) is 14.2. The molecule has 6 aromatic rings. The second-order valence-electron chi connectivity index (χ2n) is 24.3. The van der Waals surface area contributed by atoms with Gasteiger partial charge in [0, 0.05) is 46.2 Å². The van der Waals surface area contributed by atoms with Crippen molar-refractivity contribution in [2.24, 2.45) is 0 Å². The molecule has 28 nitrogen and oxygen atoms in total. The molecule has 0 saturated carbocycles. The third-order valence-corrected chi connectivity index (χ3v) is 18.8. The molecule has 99 heavy (non-hydrogen) atoms. The molecule has 2 saturated heterocycles. The Morgan fingerprint density at radius 3 is 1.78 bits per heavy atom. The molecule has 8 rings (SSSR count). The average Bonchev–Trinajstić information content (AvgIpc) is 1.70. The van der Waals surface area contributed by atoms with Gasteiger partial charge in [0.1, 0.15) is 78.5 Å². The smallest absolute Gasteiger partial charge is 0.409 e. The number of anilines is 1. The number of imidazole rings is 1. The lowest BCUT2D eigenvalue weighted by atomic mass is 9.79. The lowest BCUT2D eigenvalue weighted by molar-refractivity contribution is -0.279. The van der Waals surface area contributed by atoms with Crippen LogP contribution in [0.3, 0.4) is 0 Å². The number of nitrogens with two attached hydrogens (primary N) is 1. The van der Waals surface area contributed by atoms with Crippen LogP contribution in [0.4, 0.5) is 5.82 Å². The van der Waals surface area contributed by atoms with Gasteiger partial charge >= 0.3 is 25.7 Å². The number of hydrogen-bond donors (Lipinski definition) is 2. The zero-order valence-electron chi connectivity index (χ0n) is 58.0. The largest absolute Gasteiger partial charge is 0.497 e. The van der Waals surface area contributed by atoms with E-state index in [1.165, 1.54) is 26.5 Å². The lowest BCUT2D eigenvalue weighted by Gasteiger charge is -2.44. The summed E-state index contributed by atoms with van der Waals surface area (Å²) in [4.78, 5) is 77.7. The first kappa shape index (κ1) is 76.8. The number of aromatic nitrogens is 4. The minimum atomic E-state index is -4.47. The summed E-state index contributed by atoms with van der Waals surface area (Å²) >= 11 is 0. The number of fused-ring (bicyclic) bond motifs is 1. The van der Waals surface area contributed by atoms with Crippen LogP contribution in [0.15, 0.2) is 116 Å². The number of carbonyl (C=O) groups excluding carboxylic acids is 5. The average molecular weight is 1400 g/mol.